The average molecular weight is 692 g/mol. The van der Waals surface area contributed by atoms with Gasteiger partial charge < -0.3 is 29.5 Å². The van der Waals surface area contributed by atoms with Gasteiger partial charge in [0.05, 0.1) is 17.3 Å². The van der Waals surface area contributed by atoms with Gasteiger partial charge >= 0.3 is 24.1 Å². The Morgan fingerprint density at radius 3 is 1.94 bits per heavy atom. The molecule has 0 bridgehead atoms. The number of nitrogens with one attached hydrogen (secondary N) is 1. The highest BCUT2D eigenvalue weighted by molar-refractivity contribution is 6.02. The maximum absolute atomic E-state index is 14.0. The fourth-order valence-electron chi connectivity index (χ4n) is 5.30. The van der Waals surface area contributed by atoms with Gasteiger partial charge in [-0.15, -0.1) is 0 Å². The van der Waals surface area contributed by atoms with Crippen molar-refractivity contribution in [2.45, 2.75) is 73.0 Å². The lowest BCUT2D eigenvalue weighted by molar-refractivity contribution is -0.151. The molecule has 3 rings (SSSR count). The van der Waals surface area contributed by atoms with E-state index in [1.165, 1.54) is 32.2 Å². The summed E-state index contributed by atoms with van der Waals surface area (Å²) in [7, 11) is 0. The Labute approximate surface area is 279 Å². The zero-order chi connectivity index (χ0) is 37.0. The molecule has 0 spiro atoms. The number of phenolic OH excluding ortho intramolecular Hbond substituents is 1. The van der Waals surface area contributed by atoms with Crippen molar-refractivity contribution in [1.82, 2.24) is 9.80 Å². The van der Waals surface area contributed by atoms with Gasteiger partial charge in [-0.3, -0.25) is 33.7 Å². The first-order chi connectivity index (χ1) is 22.8. The normalized spacial score (nSPS) is 15.4. The fraction of sp³-hybridized carbons (Fsp3) is 0.394. The Morgan fingerprint density at radius 1 is 0.939 bits per heavy atom. The van der Waals surface area contributed by atoms with Gasteiger partial charge in [0.15, 0.2) is 11.5 Å². The van der Waals surface area contributed by atoms with Crippen LogP contribution in [-0.4, -0.2) is 69.3 Å². The molecule has 16 heteroatoms. The van der Waals surface area contributed by atoms with Crippen LogP contribution in [0.1, 0.15) is 71.9 Å². The molecule has 1 aliphatic rings. The van der Waals surface area contributed by atoms with E-state index in [1.54, 1.807) is 13.8 Å². The standard InChI is InChI=1S/C33H36F3N3O10/c1-8-23(33(34,35)36)22-10-9-11-24(30(22)45)37-28(44)15-39-25(14-38(17(4)40)29(16(2)3)32(39)46)21-12-26(47-18(5)41)31(49-20(7)43)27(13-21)48-19(6)42/h9-14,16,23,29,45H,8,15H2,1-7H3,(H,37,44). The van der Waals surface area contributed by atoms with Crippen LogP contribution in [-0.2, 0) is 28.8 Å². The quantitative estimate of drug-likeness (QED) is 0.199. The lowest BCUT2D eigenvalue weighted by Crippen LogP contribution is -2.55. The van der Waals surface area contributed by atoms with Crippen LogP contribution in [0.2, 0.25) is 0 Å². The van der Waals surface area contributed by atoms with Crippen LogP contribution in [0.5, 0.6) is 23.0 Å². The molecule has 1 heterocycles. The summed E-state index contributed by atoms with van der Waals surface area (Å²) in [5.74, 6) is -9.41. The molecule has 3 amide bonds. The second-order valence-electron chi connectivity index (χ2n) is 11.4. The summed E-state index contributed by atoms with van der Waals surface area (Å²) in [4.78, 5) is 78.2. The summed E-state index contributed by atoms with van der Waals surface area (Å²) in [6.45, 7) is 8.18. The van der Waals surface area contributed by atoms with E-state index in [1.807, 2.05) is 0 Å². The van der Waals surface area contributed by atoms with Crippen LogP contribution in [0.25, 0.3) is 5.70 Å². The second kappa shape index (κ2) is 15.2. The number of alkyl halides is 3. The number of amides is 3. The molecule has 2 N–H and O–H groups in total. The van der Waals surface area contributed by atoms with Gasteiger partial charge in [0.25, 0.3) is 5.91 Å². The third kappa shape index (κ3) is 8.94. The van der Waals surface area contributed by atoms with Gasteiger partial charge in [-0.2, -0.15) is 13.2 Å². The van der Waals surface area contributed by atoms with E-state index in [0.29, 0.717) is 0 Å². The van der Waals surface area contributed by atoms with Gasteiger partial charge in [0, 0.05) is 45.0 Å². The SMILES string of the molecule is CCC(c1cccc(NC(=O)CN2C(=O)C(C(C)C)N(C(C)=O)C=C2c2cc(OC(C)=O)c(OC(C)=O)c(OC(C)=O)c2)c1O)C(F)(F)F. The van der Waals surface area contributed by atoms with Crippen LogP contribution in [0.4, 0.5) is 18.9 Å². The zero-order valence-corrected chi connectivity index (χ0v) is 27.8. The Bertz CT molecular complexity index is 1670. The third-order valence-corrected chi connectivity index (χ3v) is 7.26. The number of aromatic hydroxyl groups is 1. The summed E-state index contributed by atoms with van der Waals surface area (Å²) in [6, 6.07) is 4.71. The number of esters is 3. The lowest BCUT2D eigenvalue weighted by atomic mass is 9.94. The van der Waals surface area contributed by atoms with Crippen LogP contribution < -0.4 is 19.5 Å². The number of ether oxygens (including phenoxy) is 3. The van der Waals surface area contributed by atoms with Crippen LogP contribution >= 0.6 is 0 Å². The Kier molecular flexibility index (Phi) is 11.8. The van der Waals surface area contributed by atoms with Crippen LogP contribution in [0.15, 0.2) is 36.5 Å². The maximum atomic E-state index is 14.0. The molecule has 2 atom stereocenters. The topological polar surface area (TPSA) is 169 Å². The Balaban J connectivity index is 2.20. The third-order valence-electron chi connectivity index (χ3n) is 7.26. The van der Waals surface area contributed by atoms with Crippen LogP contribution in [0, 0.1) is 5.92 Å². The predicted molar refractivity (Wildman–Crippen MR) is 167 cm³/mol. The molecule has 2 aromatic rings. The number of hydrogen-bond acceptors (Lipinski definition) is 10. The molecular weight excluding hydrogens is 655 g/mol. The van der Waals surface area contributed by atoms with Gasteiger partial charge in [0.1, 0.15) is 18.3 Å². The minimum atomic E-state index is -4.68. The number of carbonyl (C=O) groups is 6. The van der Waals surface area contributed by atoms with Gasteiger partial charge in [-0.25, -0.2) is 0 Å². The molecule has 0 fully saturated rings. The smallest absolute Gasteiger partial charge is 0.395 e. The number of halogens is 3. The minimum absolute atomic E-state index is 0.0428. The number of hydrogen-bond donors (Lipinski definition) is 2. The van der Waals surface area contributed by atoms with Crippen molar-refractivity contribution < 1.29 is 61.3 Å². The number of anilines is 1. The predicted octanol–water partition coefficient (Wildman–Crippen LogP) is 4.88. The van der Waals surface area contributed by atoms with Gasteiger partial charge in [-0.1, -0.05) is 32.9 Å². The fourth-order valence-corrected chi connectivity index (χ4v) is 5.30. The average Bonchev–Trinajstić information content (AvgIpc) is 2.95. The van der Waals surface area contributed by atoms with E-state index in [9.17, 15) is 47.0 Å². The van der Waals surface area contributed by atoms with Gasteiger partial charge in [0.2, 0.25) is 17.6 Å². The highest BCUT2D eigenvalue weighted by atomic mass is 19.4. The summed E-state index contributed by atoms with van der Waals surface area (Å²) in [5.41, 5.74) is -0.974. The Morgan fingerprint density at radius 2 is 1.49 bits per heavy atom. The highest BCUT2D eigenvalue weighted by Gasteiger charge is 2.42. The molecule has 49 heavy (non-hydrogen) atoms. The van der Waals surface area contributed by atoms with Crippen molar-refractivity contribution in [3.05, 3.63) is 47.7 Å². The first kappa shape index (κ1) is 38.0. The van der Waals surface area contributed by atoms with E-state index >= 15 is 0 Å². The number of phenols is 1. The molecule has 0 aromatic heterocycles. The van der Waals surface area contributed by atoms with E-state index < -0.39 is 94.8 Å². The van der Waals surface area contributed by atoms with Crippen LogP contribution in [0.3, 0.4) is 0 Å². The number of rotatable bonds is 10. The summed E-state index contributed by atoms with van der Waals surface area (Å²) >= 11 is 0. The largest absolute Gasteiger partial charge is 0.505 e. The number of nitrogens with zero attached hydrogens (tertiary/aromatic N) is 2. The number of benzene rings is 2. The van der Waals surface area contributed by atoms with E-state index in [0.717, 1.165) is 48.8 Å². The molecule has 13 nitrogen and oxygen atoms in total. The van der Waals surface area contributed by atoms with Crippen molar-refractivity contribution in [1.29, 1.82) is 0 Å². The number of para-hydroxylation sites is 1. The monoisotopic (exact) mass is 691 g/mol. The minimum Gasteiger partial charge on any atom is -0.505 e. The Hall–Kier alpha value is -5.41. The molecule has 0 saturated heterocycles. The molecule has 2 aromatic carbocycles. The highest BCUT2D eigenvalue weighted by Crippen LogP contribution is 2.44. The molecule has 2 unspecified atom stereocenters. The first-order valence-electron chi connectivity index (χ1n) is 15.0. The van der Waals surface area contributed by atoms with Crippen molar-refractivity contribution in [3.8, 4) is 23.0 Å². The van der Waals surface area contributed by atoms with Crippen molar-refractivity contribution in [2.75, 3.05) is 11.9 Å². The second-order valence-corrected chi connectivity index (χ2v) is 11.4. The van der Waals surface area contributed by atoms with E-state index in [-0.39, 0.29) is 23.4 Å². The zero-order valence-electron chi connectivity index (χ0n) is 27.8. The molecule has 264 valence electrons. The lowest BCUT2D eigenvalue weighted by Gasteiger charge is -2.40. The molecule has 1 aliphatic heterocycles. The van der Waals surface area contributed by atoms with Gasteiger partial charge in [-0.05, 0) is 30.5 Å². The van der Waals surface area contributed by atoms with Crippen molar-refractivity contribution >= 4 is 47.0 Å². The summed E-state index contributed by atoms with van der Waals surface area (Å²) in [5, 5.41) is 13.1. The molecular formula is C33H36F3N3O10. The molecule has 0 radical (unpaired) electrons. The van der Waals surface area contributed by atoms with Crippen molar-refractivity contribution in [2.24, 2.45) is 5.92 Å². The molecule has 0 saturated carbocycles. The molecule has 0 aliphatic carbocycles. The van der Waals surface area contributed by atoms with E-state index in [2.05, 4.69) is 5.32 Å². The maximum Gasteiger partial charge on any atom is 0.395 e. The summed E-state index contributed by atoms with van der Waals surface area (Å²) < 4.78 is 56.6. The number of carbonyl (C=O) groups excluding carboxylic acids is 6. The first-order valence-corrected chi connectivity index (χ1v) is 15.0. The summed E-state index contributed by atoms with van der Waals surface area (Å²) in [6.07, 6.45) is -3.80. The van der Waals surface area contributed by atoms with E-state index in [4.69, 9.17) is 14.2 Å². The van der Waals surface area contributed by atoms with Crippen molar-refractivity contribution in [3.63, 3.8) is 0 Å².